The molecule has 1 nitrogen and oxygen atoms in total. The predicted octanol–water partition coefficient (Wildman–Crippen LogP) is 1.62. The summed E-state index contributed by atoms with van der Waals surface area (Å²) in [7, 11) is 0. The topological polar surface area (TPSA) is 3.01 Å². The van der Waals surface area contributed by atoms with Crippen molar-refractivity contribution in [1.82, 2.24) is 4.90 Å². The highest BCUT2D eigenvalue weighted by atomic mass is 15.3. The van der Waals surface area contributed by atoms with Gasteiger partial charge in [0.2, 0.25) is 0 Å². The molecule has 1 heterocycles. The van der Waals surface area contributed by atoms with E-state index in [1.54, 1.807) is 0 Å². The van der Waals surface area contributed by atoms with Gasteiger partial charge in [0.1, 0.15) is 0 Å². The maximum absolute atomic E-state index is 2.36. The molecule has 1 heteroatoms. The molecule has 0 aromatic rings. The highest BCUT2D eigenvalue weighted by Crippen LogP contribution is 2.20. The second-order valence-corrected chi connectivity index (χ2v) is 2.12. The number of likely N-dealkylation sites (N-methyl/N-ethyl adjacent to an activating group) is 1. The largest absolute Gasteiger partial charge is 0.368 e. The molecule has 1 aliphatic rings. The zero-order chi connectivity index (χ0) is 5.98. The van der Waals surface area contributed by atoms with Crippen LogP contribution in [0.3, 0.4) is 0 Å². The number of allylic oxidation sites excluding steroid dienone is 1. The molecule has 0 radical (unpaired) electrons. The van der Waals surface area contributed by atoms with E-state index in [9.17, 15) is 0 Å². The third kappa shape index (κ3) is 1.03. The summed E-state index contributed by atoms with van der Waals surface area (Å²) in [6, 6.07) is 0. The van der Waals surface area contributed by atoms with Gasteiger partial charge in [-0.2, -0.15) is 0 Å². The number of hydrogen-bond donors (Lipinski definition) is 0. The average molecular weight is 111 g/mol. The molecule has 0 atom stereocenters. The van der Waals surface area contributed by atoms with Crippen LogP contribution in [-0.4, -0.2) is 18.0 Å². The van der Waals surface area contributed by atoms with Crippen LogP contribution < -0.4 is 0 Å². The van der Waals surface area contributed by atoms with Crippen molar-refractivity contribution in [2.75, 3.05) is 13.1 Å². The van der Waals surface area contributed by atoms with Gasteiger partial charge in [-0.1, -0.05) is 13.0 Å². The van der Waals surface area contributed by atoms with Crippen molar-refractivity contribution in [3.8, 4) is 0 Å². The van der Waals surface area contributed by atoms with E-state index in [2.05, 4.69) is 24.8 Å². The van der Waals surface area contributed by atoms with E-state index in [1.807, 2.05) is 0 Å². The Bertz CT molecular complexity index is 105. The van der Waals surface area contributed by atoms with E-state index in [1.165, 1.54) is 25.2 Å². The number of hydrogen-bond acceptors (Lipinski definition) is 1. The molecule has 1 rings (SSSR count). The van der Waals surface area contributed by atoms with Crippen LogP contribution in [-0.2, 0) is 0 Å². The first kappa shape index (κ1) is 5.67. The van der Waals surface area contributed by atoms with Crippen LogP contribution in [0.25, 0.3) is 0 Å². The van der Waals surface area contributed by atoms with Gasteiger partial charge in [0.15, 0.2) is 0 Å². The molecular weight excluding hydrogens is 98.1 g/mol. The molecular formula is C7H13N. The van der Waals surface area contributed by atoms with Crippen LogP contribution in [0.4, 0.5) is 0 Å². The van der Waals surface area contributed by atoms with Gasteiger partial charge in [-0.25, -0.2) is 0 Å². The van der Waals surface area contributed by atoms with Crippen molar-refractivity contribution in [2.45, 2.75) is 20.3 Å². The number of nitrogens with zero attached hydrogens (tertiary/aromatic N) is 1. The minimum absolute atomic E-state index is 1.19. The molecule has 0 bridgehead atoms. The van der Waals surface area contributed by atoms with Gasteiger partial charge in [0, 0.05) is 12.2 Å². The SMILES string of the molecule is CC/C=C1/CN1CC. The summed E-state index contributed by atoms with van der Waals surface area (Å²) in [5.74, 6) is 0. The summed E-state index contributed by atoms with van der Waals surface area (Å²) < 4.78 is 0. The first-order valence-electron chi connectivity index (χ1n) is 3.32. The molecule has 8 heavy (non-hydrogen) atoms. The Labute approximate surface area is 51.0 Å². The van der Waals surface area contributed by atoms with Gasteiger partial charge in [0.05, 0.1) is 6.54 Å². The smallest absolute Gasteiger partial charge is 0.0572 e. The summed E-state index contributed by atoms with van der Waals surface area (Å²) >= 11 is 0. The fourth-order valence-corrected chi connectivity index (χ4v) is 0.904. The fraction of sp³-hybridized carbons (Fsp3) is 0.714. The van der Waals surface area contributed by atoms with E-state index < -0.39 is 0 Å². The van der Waals surface area contributed by atoms with E-state index in [-0.39, 0.29) is 0 Å². The lowest BCUT2D eigenvalue weighted by Crippen LogP contribution is -1.89. The van der Waals surface area contributed by atoms with Gasteiger partial charge < -0.3 is 4.90 Å². The number of rotatable bonds is 2. The summed E-state index contributed by atoms with van der Waals surface area (Å²) in [4.78, 5) is 2.36. The molecule has 0 aliphatic carbocycles. The second-order valence-electron chi connectivity index (χ2n) is 2.12. The molecule has 46 valence electrons. The molecule has 0 aromatic heterocycles. The normalized spacial score (nSPS) is 22.2. The van der Waals surface area contributed by atoms with E-state index in [0.29, 0.717) is 0 Å². The minimum Gasteiger partial charge on any atom is -0.368 e. The monoisotopic (exact) mass is 111 g/mol. The van der Waals surface area contributed by atoms with Crippen LogP contribution >= 0.6 is 0 Å². The molecule has 1 aliphatic heterocycles. The van der Waals surface area contributed by atoms with Gasteiger partial charge in [-0.3, -0.25) is 0 Å². The standard InChI is InChI=1S/C7H13N/c1-3-5-7-6-8(7)4-2/h5H,3-4,6H2,1-2H3/b7-5-. The third-order valence-electron chi connectivity index (χ3n) is 1.48. The van der Waals surface area contributed by atoms with Gasteiger partial charge >= 0.3 is 0 Å². The summed E-state index contributed by atoms with van der Waals surface area (Å²) in [5, 5.41) is 0. The minimum atomic E-state index is 1.19. The second kappa shape index (κ2) is 2.21. The maximum atomic E-state index is 2.36. The lowest BCUT2D eigenvalue weighted by molar-refractivity contribution is 0.619. The van der Waals surface area contributed by atoms with Gasteiger partial charge in [-0.05, 0) is 13.3 Å². The first-order valence-corrected chi connectivity index (χ1v) is 3.32. The van der Waals surface area contributed by atoms with E-state index >= 15 is 0 Å². The van der Waals surface area contributed by atoms with Crippen LogP contribution in [0.5, 0.6) is 0 Å². The molecule has 0 amide bonds. The fourth-order valence-electron chi connectivity index (χ4n) is 0.904. The third-order valence-corrected chi connectivity index (χ3v) is 1.48. The Morgan fingerprint density at radius 2 is 2.38 bits per heavy atom. The lowest BCUT2D eigenvalue weighted by atomic mass is 10.4. The lowest BCUT2D eigenvalue weighted by Gasteiger charge is -1.88. The Balaban J connectivity index is 2.25. The van der Waals surface area contributed by atoms with Crippen molar-refractivity contribution in [2.24, 2.45) is 0 Å². The summed E-state index contributed by atoms with van der Waals surface area (Å²) in [6.07, 6.45) is 3.48. The van der Waals surface area contributed by atoms with Crippen LogP contribution in [0.1, 0.15) is 20.3 Å². The van der Waals surface area contributed by atoms with E-state index in [0.717, 1.165) is 0 Å². The van der Waals surface area contributed by atoms with Crippen LogP contribution in [0, 0.1) is 0 Å². The quantitative estimate of drug-likeness (QED) is 0.489. The zero-order valence-electron chi connectivity index (χ0n) is 5.65. The van der Waals surface area contributed by atoms with Crippen molar-refractivity contribution in [3.63, 3.8) is 0 Å². The van der Waals surface area contributed by atoms with Gasteiger partial charge in [-0.15, -0.1) is 0 Å². The van der Waals surface area contributed by atoms with Crippen LogP contribution in [0.15, 0.2) is 11.8 Å². The Hall–Kier alpha value is -0.460. The van der Waals surface area contributed by atoms with Crippen LogP contribution in [0.2, 0.25) is 0 Å². The van der Waals surface area contributed by atoms with Crippen molar-refractivity contribution in [1.29, 1.82) is 0 Å². The Morgan fingerprint density at radius 3 is 2.75 bits per heavy atom. The molecule has 0 aromatic carbocycles. The molecule has 0 N–H and O–H groups in total. The molecule has 0 spiro atoms. The molecule has 0 saturated carbocycles. The highest BCUT2D eigenvalue weighted by Gasteiger charge is 2.20. The maximum Gasteiger partial charge on any atom is 0.0572 e. The summed E-state index contributed by atoms with van der Waals surface area (Å²) in [5.41, 5.74) is 1.54. The zero-order valence-corrected chi connectivity index (χ0v) is 5.65. The highest BCUT2D eigenvalue weighted by molar-refractivity contribution is 5.17. The Kier molecular flexibility index (Phi) is 1.56. The van der Waals surface area contributed by atoms with Gasteiger partial charge in [0.25, 0.3) is 0 Å². The molecule has 1 saturated heterocycles. The van der Waals surface area contributed by atoms with E-state index in [4.69, 9.17) is 0 Å². The Morgan fingerprint density at radius 1 is 1.62 bits per heavy atom. The average Bonchev–Trinajstić information content (AvgIpc) is 2.48. The van der Waals surface area contributed by atoms with Crippen molar-refractivity contribution < 1.29 is 0 Å². The summed E-state index contributed by atoms with van der Waals surface area (Å²) in [6.45, 7) is 6.78. The first-order chi connectivity index (χ1) is 3.88. The molecule has 0 unspecified atom stereocenters. The van der Waals surface area contributed by atoms with Crippen molar-refractivity contribution in [3.05, 3.63) is 11.8 Å². The molecule has 1 fully saturated rings. The predicted molar refractivity (Wildman–Crippen MR) is 35.6 cm³/mol. The van der Waals surface area contributed by atoms with Crippen molar-refractivity contribution >= 4 is 0 Å².